The Kier molecular flexibility index (Phi) is 5.77. The number of aliphatic hydroxyl groups is 1. The van der Waals surface area contributed by atoms with E-state index < -0.39 is 18.4 Å². The molecule has 1 aromatic carbocycles. The summed E-state index contributed by atoms with van der Waals surface area (Å²) in [5, 5.41) is 18.5. The number of aryl methyl sites for hydroxylation is 1. The number of benzene rings is 1. The van der Waals surface area contributed by atoms with E-state index in [-0.39, 0.29) is 5.56 Å². The average Bonchev–Trinajstić information content (AvgIpc) is 2.38. The summed E-state index contributed by atoms with van der Waals surface area (Å²) in [7, 11) is 2.94. The van der Waals surface area contributed by atoms with Crippen LogP contribution in [0.1, 0.15) is 22.3 Å². The van der Waals surface area contributed by atoms with Gasteiger partial charge in [-0.15, -0.1) is 0 Å². The van der Waals surface area contributed by atoms with Crippen LogP contribution < -0.4 is 0 Å². The Morgan fingerprint density at radius 1 is 1.22 bits per heavy atom. The molecule has 1 atom stereocenters. The highest BCUT2D eigenvalue weighted by Gasteiger charge is 2.17. The van der Waals surface area contributed by atoms with Crippen molar-refractivity contribution in [2.45, 2.75) is 25.2 Å². The standard InChI is InChI=1S/C13H18O5/c1-17-13(18-2)11(14)8-5-9-3-6-10(7-4-9)12(15)16/h3-4,6-7,11,13-14H,5,8H2,1-2H3,(H,15,16). The van der Waals surface area contributed by atoms with Gasteiger partial charge in [-0.3, -0.25) is 0 Å². The molecule has 0 spiro atoms. The highest BCUT2D eigenvalue weighted by atomic mass is 16.7. The summed E-state index contributed by atoms with van der Waals surface area (Å²) in [5.41, 5.74) is 1.22. The van der Waals surface area contributed by atoms with Crippen LogP contribution in [0.5, 0.6) is 0 Å². The van der Waals surface area contributed by atoms with Gasteiger partial charge in [-0.05, 0) is 30.5 Å². The number of carbonyl (C=O) groups is 1. The van der Waals surface area contributed by atoms with Crippen LogP contribution in [0.4, 0.5) is 0 Å². The fraction of sp³-hybridized carbons (Fsp3) is 0.462. The summed E-state index contributed by atoms with van der Waals surface area (Å²) >= 11 is 0. The van der Waals surface area contributed by atoms with Gasteiger partial charge in [0.25, 0.3) is 0 Å². The molecule has 5 nitrogen and oxygen atoms in total. The first-order valence-electron chi connectivity index (χ1n) is 5.64. The third-order valence-electron chi connectivity index (χ3n) is 2.71. The lowest BCUT2D eigenvalue weighted by atomic mass is 10.0. The molecule has 2 N–H and O–H groups in total. The first-order valence-corrected chi connectivity index (χ1v) is 5.64. The number of carboxylic acid groups (broad SMARTS) is 1. The molecule has 0 bridgehead atoms. The quantitative estimate of drug-likeness (QED) is 0.717. The summed E-state index contributed by atoms with van der Waals surface area (Å²) in [5.74, 6) is -0.944. The lowest BCUT2D eigenvalue weighted by molar-refractivity contribution is -0.165. The van der Waals surface area contributed by atoms with E-state index in [4.69, 9.17) is 14.6 Å². The van der Waals surface area contributed by atoms with E-state index in [2.05, 4.69) is 0 Å². The predicted molar refractivity (Wildman–Crippen MR) is 65.5 cm³/mol. The maximum absolute atomic E-state index is 10.7. The van der Waals surface area contributed by atoms with Crippen molar-refractivity contribution < 1.29 is 24.5 Å². The first kappa shape index (κ1) is 14.6. The molecule has 0 fully saturated rings. The molecule has 1 unspecified atom stereocenters. The fourth-order valence-electron chi connectivity index (χ4n) is 1.68. The normalized spacial score (nSPS) is 12.7. The van der Waals surface area contributed by atoms with Crippen LogP contribution in [-0.2, 0) is 15.9 Å². The highest BCUT2D eigenvalue weighted by molar-refractivity contribution is 5.87. The van der Waals surface area contributed by atoms with Crippen molar-refractivity contribution in [2.24, 2.45) is 0 Å². The van der Waals surface area contributed by atoms with Crippen LogP contribution in [0.25, 0.3) is 0 Å². The number of hydrogen-bond donors (Lipinski definition) is 2. The maximum Gasteiger partial charge on any atom is 0.335 e. The Bertz CT molecular complexity index is 369. The minimum atomic E-state index is -0.944. The molecule has 0 saturated heterocycles. The van der Waals surface area contributed by atoms with Gasteiger partial charge in [-0.1, -0.05) is 12.1 Å². The monoisotopic (exact) mass is 254 g/mol. The van der Waals surface area contributed by atoms with Crippen molar-refractivity contribution in [2.75, 3.05) is 14.2 Å². The van der Waals surface area contributed by atoms with E-state index in [1.54, 1.807) is 24.3 Å². The number of aliphatic hydroxyl groups excluding tert-OH is 1. The lowest BCUT2D eigenvalue weighted by Crippen LogP contribution is -2.30. The molecule has 0 aliphatic carbocycles. The zero-order valence-electron chi connectivity index (χ0n) is 10.5. The molecule has 1 rings (SSSR count). The Hall–Kier alpha value is -1.43. The van der Waals surface area contributed by atoms with Gasteiger partial charge < -0.3 is 19.7 Å². The minimum absolute atomic E-state index is 0.256. The summed E-state index contributed by atoms with van der Waals surface area (Å²) in [6, 6.07) is 6.58. The van der Waals surface area contributed by atoms with E-state index in [9.17, 15) is 9.90 Å². The first-order chi connectivity index (χ1) is 8.58. The second kappa shape index (κ2) is 7.10. The van der Waals surface area contributed by atoms with Crippen LogP contribution in [0.2, 0.25) is 0 Å². The van der Waals surface area contributed by atoms with Crippen molar-refractivity contribution >= 4 is 5.97 Å². The molecule has 18 heavy (non-hydrogen) atoms. The number of hydrogen-bond acceptors (Lipinski definition) is 4. The molecule has 0 aliphatic rings. The third kappa shape index (κ3) is 4.10. The smallest absolute Gasteiger partial charge is 0.335 e. The zero-order chi connectivity index (χ0) is 13.5. The molecular formula is C13H18O5. The molecule has 0 saturated carbocycles. The molecule has 0 aromatic heterocycles. The van der Waals surface area contributed by atoms with Crippen molar-refractivity contribution in [3.63, 3.8) is 0 Å². The lowest BCUT2D eigenvalue weighted by Gasteiger charge is -2.19. The second-order valence-electron chi connectivity index (χ2n) is 3.95. The Labute approximate surface area is 106 Å². The summed E-state index contributed by atoms with van der Waals surface area (Å²) in [6.45, 7) is 0. The summed E-state index contributed by atoms with van der Waals surface area (Å²) in [6.07, 6.45) is -0.231. The molecule has 5 heteroatoms. The summed E-state index contributed by atoms with van der Waals surface area (Å²) in [4.78, 5) is 10.7. The van der Waals surface area contributed by atoms with Gasteiger partial charge in [-0.25, -0.2) is 4.79 Å². The van der Waals surface area contributed by atoms with Gasteiger partial charge >= 0.3 is 5.97 Å². The van der Waals surface area contributed by atoms with Crippen LogP contribution in [0.15, 0.2) is 24.3 Å². The number of carboxylic acids is 1. The average molecular weight is 254 g/mol. The van der Waals surface area contributed by atoms with E-state index in [0.717, 1.165) is 5.56 Å². The van der Waals surface area contributed by atoms with Gasteiger partial charge in [-0.2, -0.15) is 0 Å². The van der Waals surface area contributed by atoms with Gasteiger partial charge in [0.05, 0.1) is 5.56 Å². The molecule has 1 aromatic rings. The molecule has 0 radical (unpaired) electrons. The van der Waals surface area contributed by atoms with E-state index in [1.807, 2.05) is 0 Å². The Balaban J connectivity index is 2.50. The number of methoxy groups -OCH3 is 2. The Morgan fingerprint density at radius 2 is 1.78 bits per heavy atom. The SMILES string of the molecule is COC(OC)C(O)CCc1ccc(C(=O)O)cc1. The van der Waals surface area contributed by atoms with Crippen molar-refractivity contribution in [3.8, 4) is 0 Å². The minimum Gasteiger partial charge on any atom is -0.478 e. The van der Waals surface area contributed by atoms with Crippen LogP contribution >= 0.6 is 0 Å². The number of rotatable bonds is 7. The second-order valence-corrected chi connectivity index (χ2v) is 3.95. The van der Waals surface area contributed by atoms with Crippen molar-refractivity contribution in [1.82, 2.24) is 0 Å². The van der Waals surface area contributed by atoms with Gasteiger partial charge in [0, 0.05) is 14.2 Å². The maximum atomic E-state index is 10.7. The third-order valence-corrected chi connectivity index (χ3v) is 2.71. The van der Waals surface area contributed by atoms with Crippen molar-refractivity contribution in [3.05, 3.63) is 35.4 Å². The molecule has 0 heterocycles. The fourth-order valence-corrected chi connectivity index (χ4v) is 1.68. The number of aromatic carboxylic acids is 1. The van der Waals surface area contributed by atoms with Crippen LogP contribution in [0, 0.1) is 0 Å². The highest BCUT2D eigenvalue weighted by Crippen LogP contribution is 2.11. The van der Waals surface area contributed by atoms with E-state index in [0.29, 0.717) is 12.8 Å². The molecule has 0 amide bonds. The molecule has 100 valence electrons. The van der Waals surface area contributed by atoms with Crippen molar-refractivity contribution in [1.29, 1.82) is 0 Å². The number of ether oxygens (including phenoxy) is 2. The molecule has 0 aliphatic heterocycles. The van der Waals surface area contributed by atoms with Crippen LogP contribution in [-0.4, -0.2) is 42.8 Å². The molecular weight excluding hydrogens is 236 g/mol. The topological polar surface area (TPSA) is 76.0 Å². The van der Waals surface area contributed by atoms with Gasteiger partial charge in [0.2, 0.25) is 0 Å². The van der Waals surface area contributed by atoms with E-state index >= 15 is 0 Å². The van der Waals surface area contributed by atoms with Crippen LogP contribution in [0.3, 0.4) is 0 Å². The predicted octanol–water partition coefficient (Wildman–Crippen LogP) is 1.30. The Morgan fingerprint density at radius 3 is 2.22 bits per heavy atom. The van der Waals surface area contributed by atoms with Gasteiger partial charge in [0.1, 0.15) is 6.10 Å². The van der Waals surface area contributed by atoms with E-state index in [1.165, 1.54) is 14.2 Å². The zero-order valence-corrected chi connectivity index (χ0v) is 10.5. The largest absolute Gasteiger partial charge is 0.478 e. The van der Waals surface area contributed by atoms with Gasteiger partial charge in [0.15, 0.2) is 6.29 Å². The summed E-state index contributed by atoms with van der Waals surface area (Å²) < 4.78 is 9.90.